The third kappa shape index (κ3) is 4.41. The van der Waals surface area contributed by atoms with E-state index in [2.05, 4.69) is 16.8 Å². The van der Waals surface area contributed by atoms with E-state index in [0.29, 0.717) is 6.54 Å². The van der Waals surface area contributed by atoms with E-state index in [1.165, 1.54) is 5.57 Å². The van der Waals surface area contributed by atoms with Crippen LogP contribution in [0.3, 0.4) is 0 Å². The van der Waals surface area contributed by atoms with E-state index in [0.717, 1.165) is 39.0 Å². The highest BCUT2D eigenvalue weighted by Crippen LogP contribution is 2.12. The molecule has 0 radical (unpaired) electrons. The molecule has 0 spiro atoms. The van der Waals surface area contributed by atoms with E-state index >= 15 is 0 Å². The van der Waals surface area contributed by atoms with Crippen LogP contribution in [0.25, 0.3) is 0 Å². The minimum atomic E-state index is 0.233. The summed E-state index contributed by atoms with van der Waals surface area (Å²) in [5.74, 6) is 0. The van der Waals surface area contributed by atoms with Crippen LogP contribution in [0.4, 0.5) is 0 Å². The Balaban J connectivity index is 1.99. The minimum absolute atomic E-state index is 0.233. The van der Waals surface area contributed by atoms with Crippen molar-refractivity contribution in [3.05, 3.63) is 12.2 Å². The fourth-order valence-electron chi connectivity index (χ4n) is 1.53. The van der Waals surface area contributed by atoms with Crippen molar-refractivity contribution in [3.63, 3.8) is 0 Å². The second-order valence-electron chi connectivity index (χ2n) is 3.57. The predicted molar refractivity (Wildman–Crippen MR) is 54.8 cm³/mol. The topological polar surface area (TPSA) is 35.5 Å². The van der Waals surface area contributed by atoms with E-state index in [9.17, 15) is 0 Å². The summed E-state index contributed by atoms with van der Waals surface area (Å²) in [5.41, 5.74) is 1.39. The summed E-state index contributed by atoms with van der Waals surface area (Å²) >= 11 is 0. The lowest BCUT2D eigenvalue weighted by atomic mass is 10.1. The van der Waals surface area contributed by atoms with Gasteiger partial charge in [-0.15, -0.1) is 0 Å². The molecule has 1 saturated heterocycles. The Hall–Kier alpha value is -0.380. The second-order valence-corrected chi connectivity index (χ2v) is 3.57. The van der Waals surface area contributed by atoms with Gasteiger partial charge in [-0.2, -0.15) is 0 Å². The first-order valence-electron chi connectivity index (χ1n) is 5.03. The SMILES string of the molecule is C=C1CCN(CCNCCO)CC1. The van der Waals surface area contributed by atoms with Crippen molar-refractivity contribution in [1.82, 2.24) is 10.2 Å². The Bertz CT molecular complexity index is 149. The molecular formula is C10H20N2O. The van der Waals surface area contributed by atoms with Crippen LogP contribution in [0.5, 0.6) is 0 Å². The Morgan fingerprint density at radius 3 is 2.62 bits per heavy atom. The largest absolute Gasteiger partial charge is 0.395 e. The molecule has 1 aliphatic heterocycles. The third-order valence-electron chi connectivity index (χ3n) is 2.46. The van der Waals surface area contributed by atoms with Crippen molar-refractivity contribution in [2.45, 2.75) is 12.8 Å². The van der Waals surface area contributed by atoms with Crippen LogP contribution in [-0.2, 0) is 0 Å². The second kappa shape index (κ2) is 6.13. The predicted octanol–water partition coefficient (Wildman–Crippen LogP) is 0.220. The molecule has 2 N–H and O–H groups in total. The molecule has 3 nitrogen and oxygen atoms in total. The van der Waals surface area contributed by atoms with Gasteiger partial charge < -0.3 is 15.3 Å². The lowest BCUT2D eigenvalue weighted by Gasteiger charge is -2.27. The molecule has 0 aliphatic carbocycles. The highest BCUT2D eigenvalue weighted by molar-refractivity contribution is 4.98. The van der Waals surface area contributed by atoms with Gasteiger partial charge in [0, 0.05) is 32.7 Å². The number of nitrogens with one attached hydrogen (secondary N) is 1. The van der Waals surface area contributed by atoms with Crippen molar-refractivity contribution >= 4 is 0 Å². The first-order chi connectivity index (χ1) is 6.33. The molecule has 0 aromatic heterocycles. The van der Waals surface area contributed by atoms with Gasteiger partial charge in [-0.1, -0.05) is 12.2 Å². The Kier molecular flexibility index (Phi) is 5.05. The summed E-state index contributed by atoms with van der Waals surface area (Å²) in [6.07, 6.45) is 2.31. The van der Waals surface area contributed by atoms with E-state index in [1.807, 2.05) is 0 Å². The van der Waals surface area contributed by atoms with E-state index in [-0.39, 0.29) is 6.61 Å². The molecule has 13 heavy (non-hydrogen) atoms. The van der Waals surface area contributed by atoms with Crippen LogP contribution >= 0.6 is 0 Å². The number of rotatable bonds is 5. The quantitative estimate of drug-likeness (QED) is 0.474. The van der Waals surface area contributed by atoms with Crippen LogP contribution < -0.4 is 5.32 Å². The molecule has 1 heterocycles. The summed E-state index contributed by atoms with van der Waals surface area (Å²) in [5, 5.41) is 11.7. The Morgan fingerprint density at radius 2 is 2.00 bits per heavy atom. The molecular weight excluding hydrogens is 164 g/mol. The molecule has 1 rings (SSSR count). The number of likely N-dealkylation sites (tertiary alicyclic amines) is 1. The molecule has 0 unspecified atom stereocenters. The molecule has 0 aromatic rings. The number of aliphatic hydroxyl groups excluding tert-OH is 1. The zero-order valence-corrected chi connectivity index (χ0v) is 8.26. The first kappa shape index (κ1) is 10.7. The summed E-state index contributed by atoms with van der Waals surface area (Å²) in [6, 6.07) is 0. The number of hydrogen-bond donors (Lipinski definition) is 2. The number of aliphatic hydroxyl groups is 1. The first-order valence-corrected chi connectivity index (χ1v) is 5.03. The van der Waals surface area contributed by atoms with Gasteiger partial charge in [-0.05, 0) is 12.8 Å². The summed E-state index contributed by atoms with van der Waals surface area (Å²) < 4.78 is 0. The fraction of sp³-hybridized carbons (Fsp3) is 0.800. The zero-order valence-electron chi connectivity index (χ0n) is 8.26. The van der Waals surface area contributed by atoms with Crippen molar-refractivity contribution in [3.8, 4) is 0 Å². The maximum atomic E-state index is 8.55. The lowest BCUT2D eigenvalue weighted by molar-refractivity contribution is 0.248. The van der Waals surface area contributed by atoms with Gasteiger partial charge in [-0.25, -0.2) is 0 Å². The lowest BCUT2D eigenvalue weighted by Crippen LogP contribution is -2.36. The maximum Gasteiger partial charge on any atom is 0.0555 e. The standard InChI is InChI=1S/C10H20N2O/c1-10-2-6-12(7-3-10)8-4-11-5-9-13/h11,13H,1-9H2. The smallest absolute Gasteiger partial charge is 0.0555 e. The monoisotopic (exact) mass is 184 g/mol. The van der Waals surface area contributed by atoms with E-state index in [4.69, 9.17) is 5.11 Å². The number of piperidine rings is 1. The molecule has 0 amide bonds. The highest BCUT2D eigenvalue weighted by Gasteiger charge is 2.10. The van der Waals surface area contributed by atoms with Crippen LogP contribution in [0.2, 0.25) is 0 Å². The Labute approximate surface area is 80.4 Å². The average molecular weight is 184 g/mol. The van der Waals surface area contributed by atoms with Crippen LogP contribution in [0.1, 0.15) is 12.8 Å². The van der Waals surface area contributed by atoms with E-state index < -0.39 is 0 Å². The molecule has 0 saturated carbocycles. The molecule has 1 fully saturated rings. The maximum absolute atomic E-state index is 8.55. The minimum Gasteiger partial charge on any atom is -0.395 e. The molecule has 1 aliphatic rings. The zero-order chi connectivity index (χ0) is 9.52. The normalized spacial score (nSPS) is 19.3. The van der Waals surface area contributed by atoms with Gasteiger partial charge in [0.2, 0.25) is 0 Å². The number of nitrogens with zero attached hydrogens (tertiary/aromatic N) is 1. The molecule has 0 bridgehead atoms. The third-order valence-corrected chi connectivity index (χ3v) is 2.46. The summed E-state index contributed by atoms with van der Waals surface area (Å²) in [4.78, 5) is 2.44. The van der Waals surface area contributed by atoms with Crippen molar-refractivity contribution in [1.29, 1.82) is 0 Å². The highest BCUT2D eigenvalue weighted by atomic mass is 16.3. The summed E-state index contributed by atoms with van der Waals surface area (Å²) in [7, 11) is 0. The van der Waals surface area contributed by atoms with Crippen molar-refractivity contribution in [2.24, 2.45) is 0 Å². The van der Waals surface area contributed by atoms with Crippen LogP contribution in [-0.4, -0.2) is 49.3 Å². The molecule has 0 atom stereocenters. The molecule has 0 aromatic carbocycles. The van der Waals surface area contributed by atoms with Gasteiger partial charge >= 0.3 is 0 Å². The molecule has 76 valence electrons. The Morgan fingerprint density at radius 1 is 1.31 bits per heavy atom. The van der Waals surface area contributed by atoms with E-state index in [1.54, 1.807) is 0 Å². The van der Waals surface area contributed by atoms with Crippen molar-refractivity contribution in [2.75, 3.05) is 39.3 Å². The number of hydrogen-bond acceptors (Lipinski definition) is 3. The fourth-order valence-corrected chi connectivity index (χ4v) is 1.53. The van der Waals surface area contributed by atoms with Gasteiger partial charge in [0.05, 0.1) is 6.61 Å². The van der Waals surface area contributed by atoms with Crippen LogP contribution in [0, 0.1) is 0 Å². The van der Waals surface area contributed by atoms with Gasteiger partial charge in [-0.3, -0.25) is 0 Å². The summed E-state index contributed by atoms with van der Waals surface area (Å²) in [6.45, 7) is 9.30. The van der Waals surface area contributed by atoms with Crippen LogP contribution in [0.15, 0.2) is 12.2 Å². The molecule has 3 heteroatoms. The average Bonchev–Trinajstić information content (AvgIpc) is 2.15. The van der Waals surface area contributed by atoms with Gasteiger partial charge in [0.15, 0.2) is 0 Å². The van der Waals surface area contributed by atoms with Gasteiger partial charge in [0.1, 0.15) is 0 Å². The van der Waals surface area contributed by atoms with Crippen molar-refractivity contribution < 1.29 is 5.11 Å². The van der Waals surface area contributed by atoms with Gasteiger partial charge in [0.25, 0.3) is 0 Å².